The Bertz CT molecular complexity index is 1050. The molecule has 0 heterocycles. The molecule has 8 aliphatic carbocycles. The van der Waals surface area contributed by atoms with Crippen LogP contribution in [0.4, 0.5) is 5.69 Å². The Hall–Kier alpha value is -1.33. The van der Waals surface area contributed by atoms with Gasteiger partial charge in [-0.2, -0.15) is 0 Å². The van der Waals surface area contributed by atoms with Crippen LogP contribution in [0, 0.1) is 35.5 Å². The van der Waals surface area contributed by atoms with Crippen molar-refractivity contribution < 1.29 is 0 Å². The van der Waals surface area contributed by atoms with Gasteiger partial charge in [0.25, 0.3) is 0 Å². The summed E-state index contributed by atoms with van der Waals surface area (Å²) < 4.78 is 0. The van der Waals surface area contributed by atoms with Crippen LogP contribution in [0.1, 0.15) is 77.0 Å². The molecule has 0 N–H and O–H groups in total. The van der Waals surface area contributed by atoms with Gasteiger partial charge in [0.1, 0.15) is 0 Å². The molecule has 2 heteroatoms. The maximum absolute atomic E-state index is 2.64. The van der Waals surface area contributed by atoms with Crippen molar-refractivity contribution in [3.05, 3.63) is 48.5 Å². The van der Waals surface area contributed by atoms with E-state index < -0.39 is 0 Å². The van der Waals surface area contributed by atoms with E-state index in [-0.39, 0.29) is 7.92 Å². The highest BCUT2D eigenvalue weighted by atomic mass is 31.1. The minimum Gasteiger partial charge on any atom is -0.377 e. The van der Waals surface area contributed by atoms with E-state index in [0.29, 0.717) is 10.3 Å². The van der Waals surface area contributed by atoms with Crippen LogP contribution in [-0.2, 0) is 0 Å². The van der Waals surface area contributed by atoms with E-state index in [4.69, 9.17) is 0 Å². The molecule has 1 nitrogen and oxygen atoms in total. The molecule has 8 fully saturated rings. The highest BCUT2D eigenvalue weighted by molar-refractivity contribution is 7.69. The highest BCUT2D eigenvalue weighted by Gasteiger charge is 2.63. The number of hydrogen-bond acceptors (Lipinski definition) is 1. The van der Waals surface area contributed by atoms with Crippen LogP contribution in [0.25, 0.3) is 11.1 Å². The molecule has 0 amide bonds. The van der Waals surface area contributed by atoms with E-state index in [1.54, 1.807) is 82.6 Å². The summed E-state index contributed by atoms with van der Waals surface area (Å²) in [5, 5.41) is 3.06. The number of rotatable bonds is 5. The van der Waals surface area contributed by atoms with Gasteiger partial charge in [0.2, 0.25) is 0 Å². The molecule has 0 atom stereocenters. The molecule has 0 saturated heterocycles. The zero-order valence-corrected chi connectivity index (χ0v) is 23.4. The number of para-hydroxylation sites is 1. The Balaban J connectivity index is 1.33. The van der Waals surface area contributed by atoms with E-state index >= 15 is 0 Å². The van der Waals surface area contributed by atoms with Crippen molar-refractivity contribution in [3.8, 4) is 11.1 Å². The predicted molar refractivity (Wildman–Crippen MR) is 155 cm³/mol. The summed E-state index contributed by atoms with van der Waals surface area (Å²) in [5.41, 5.74) is 4.44. The van der Waals surface area contributed by atoms with E-state index in [1.807, 2.05) is 5.30 Å². The van der Waals surface area contributed by atoms with Crippen molar-refractivity contribution in [2.24, 2.45) is 35.5 Å². The molecule has 0 unspecified atom stereocenters. The summed E-state index contributed by atoms with van der Waals surface area (Å²) in [5.74, 6) is 6.23. The fourth-order valence-electron chi connectivity index (χ4n) is 11.7. The zero-order chi connectivity index (χ0) is 24.1. The normalized spacial score (nSPS) is 42.6. The van der Waals surface area contributed by atoms with Crippen molar-refractivity contribution in [2.45, 2.75) is 87.4 Å². The number of anilines is 1. The first-order valence-corrected chi connectivity index (χ1v) is 16.5. The lowest BCUT2D eigenvalue weighted by atomic mass is 9.55. The Kier molecular flexibility index (Phi) is 5.08. The van der Waals surface area contributed by atoms with E-state index in [0.717, 1.165) is 35.5 Å². The SMILES string of the molecule is CN(C)c1ccccc1-c1ccccc1P(C12CC3CC(CC(C3)C1)C2)C12CC3CC(CC(C3)C1)C2. The molecule has 2 aromatic carbocycles. The fourth-order valence-corrected chi connectivity index (χ4v) is 17.0. The van der Waals surface area contributed by atoms with Crippen LogP contribution >= 0.6 is 7.92 Å². The Morgan fingerprint density at radius 1 is 0.556 bits per heavy atom. The van der Waals surface area contributed by atoms with Gasteiger partial charge in [-0.1, -0.05) is 50.4 Å². The molecule has 10 rings (SSSR count). The predicted octanol–water partition coefficient (Wildman–Crippen LogP) is 8.46. The number of hydrogen-bond donors (Lipinski definition) is 0. The first kappa shape index (κ1) is 22.6. The molecule has 190 valence electrons. The second-order valence-electron chi connectivity index (χ2n) is 14.5. The third-order valence-electron chi connectivity index (χ3n) is 11.8. The van der Waals surface area contributed by atoms with Gasteiger partial charge in [-0.3, -0.25) is 0 Å². The van der Waals surface area contributed by atoms with Crippen LogP contribution in [0.5, 0.6) is 0 Å². The topological polar surface area (TPSA) is 3.24 Å². The van der Waals surface area contributed by atoms with E-state index in [2.05, 4.69) is 67.5 Å². The molecule has 0 aliphatic heterocycles. The minimum absolute atomic E-state index is 0.199. The van der Waals surface area contributed by atoms with Crippen molar-refractivity contribution in [1.82, 2.24) is 0 Å². The van der Waals surface area contributed by atoms with Crippen molar-refractivity contribution >= 4 is 18.9 Å². The van der Waals surface area contributed by atoms with Crippen LogP contribution in [-0.4, -0.2) is 24.4 Å². The Morgan fingerprint density at radius 2 is 0.944 bits per heavy atom. The molecule has 2 aromatic rings. The second kappa shape index (κ2) is 8.09. The maximum Gasteiger partial charge on any atom is 0.0440 e. The molecule has 8 bridgehead atoms. The van der Waals surface area contributed by atoms with Crippen molar-refractivity contribution in [2.75, 3.05) is 19.0 Å². The van der Waals surface area contributed by atoms with E-state index in [1.165, 1.54) is 11.3 Å². The summed E-state index contributed by atoms with van der Waals surface area (Å²) in [6, 6.07) is 19.1. The van der Waals surface area contributed by atoms with Gasteiger partial charge < -0.3 is 4.90 Å². The largest absolute Gasteiger partial charge is 0.377 e. The lowest BCUT2D eigenvalue weighted by molar-refractivity contribution is 0.0195. The third-order valence-corrected chi connectivity index (χ3v) is 15.6. The van der Waals surface area contributed by atoms with Gasteiger partial charge in [-0.05, 0) is 140 Å². The summed E-state index contributed by atoms with van der Waals surface area (Å²) in [6.45, 7) is 0. The quantitative estimate of drug-likeness (QED) is 0.375. The first-order chi connectivity index (χ1) is 17.5. The van der Waals surface area contributed by atoms with Crippen molar-refractivity contribution in [3.63, 3.8) is 0 Å². The fraction of sp³-hybridized carbons (Fsp3) is 0.647. The molecule has 0 aromatic heterocycles. The summed E-state index contributed by atoms with van der Waals surface area (Å²) in [6.07, 6.45) is 18.8. The monoisotopic (exact) mass is 497 g/mol. The average Bonchev–Trinajstić information content (AvgIpc) is 2.82. The molecule has 0 spiro atoms. The minimum atomic E-state index is -0.199. The lowest BCUT2D eigenvalue weighted by Crippen LogP contribution is -2.58. The molecule has 0 radical (unpaired) electrons. The van der Waals surface area contributed by atoms with Crippen LogP contribution in [0.15, 0.2) is 48.5 Å². The van der Waals surface area contributed by atoms with Gasteiger partial charge >= 0.3 is 0 Å². The lowest BCUT2D eigenvalue weighted by Gasteiger charge is -2.67. The summed E-state index contributed by atoms with van der Waals surface area (Å²) >= 11 is 0. The standard InChI is InChI=1S/C34H44NP/c1-35(2)31-9-5-3-7-29(31)30-8-4-6-10-32(30)36(33-17-23-11-24(18-33)13-25(12-23)19-33)34-20-26-14-27(21-34)16-28(15-26)22-34/h3-10,23-28H,11-22H2,1-2H3. The summed E-state index contributed by atoms with van der Waals surface area (Å²) in [4.78, 5) is 2.34. The van der Waals surface area contributed by atoms with Gasteiger partial charge in [0.15, 0.2) is 0 Å². The van der Waals surface area contributed by atoms with Crippen LogP contribution in [0.3, 0.4) is 0 Å². The van der Waals surface area contributed by atoms with Gasteiger partial charge in [0.05, 0.1) is 0 Å². The van der Waals surface area contributed by atoms with Gasteiger partial charge in [0, 0.05) is 25.3 Å². The summed E-state index contributed by atoms with van der Waals surface area (Å²) in [7, 11) is 4.25. The smallest absolute Gasteiger partial charge is 0.0440 e. The Morgan fingerprint density at radius 3 is 1.39 bits per heavy atom. The first-order valence-electron chi connectivity index (χ1n) is 15.2. The zero-order valence-electron chi connectivity index (χ0n) is 22.5. The Labute approximate surface area is 220 Å². The molecule has 8 saturated carbocycles. The van der Waals surface area contributed by atoms with Crippen molar-refractivity contribution in [1.29, 1.82) is 0 Å². The molecular formula is C34H44NP. The van der Waals surface area contributed by atoms with E-state index in [9.17, 15) is 0 Å². The molecule has 8 aliphatic rings. The third kappa shape index (κ3) is 3.37. The molecule has 36 heavy (non-hydrogen) atoms. The second-order valence-corrected chi connectivity index (χ2v) is 17.6. The van der Waals surface area contributed by atoms with Crippen LogP contribution in [0.2, 0.25) is 0 Å². The van der Waals surface area contributed by atoms with Crippen LogP contribution < -0.4 is 10.2 Å². The molecular weight excluding hydrogens is 453 g/mol. The number of benzene rings is 2. The van der Waals surface area contributed by atoms with Gasteiger partial charge in [-0.25, -0.2) is 0 Å². The van der Waals surface area contributed by atoms with Gasteiger partial charge in [-0.15, -0.1) is 0 Å². The maximum atomic E-state index is 2.64. The highest BCUT2D eigenvalue weighted by Crippen LogP contribution is 2.78. The average molecular weight is 498 g/mol. The number of nitrogens with zero attached hydrogens (tertiary/aromatic N) is 1.